The first kappa shape index (κ1) is 31.6. The van der Waals surface area contributed by atoms with Gasteiger partial charge < -0.3 is 9.32 Å². The summed E-state index contributed by atoms with van der Waals surface area (Å²) in [7, 11) is 0. The van der Waals surface area contributed by atoms with Gasteiger partial charge in [-0.3, -0.25) is 0 Å². The molecular weight excluding hydrogens is 719 g/mol. The number of rotatable bonds is 5. The molecule has 0 spiro atoms. The summed E-state index contributed by atoms with van der Waals surface area (Å²) in [6.45, 7) is 0. The van der Waals surface area contributed by atoms with Crippen LogP contribution in [0, 0.1) is 0 Å². The van der Waals surface area contributed by atoms with Crippen molar-refractivity contribution in [2.75, 3.05) is 4.90 Å². The Morgan fingerprint density at radius 3 is 1.84 bits per heavy atom. The van der Waals surface area contributed by atoms with Crippen molar-refractivity contribution in [2.24, 2.45) is 0 Å². The van der Waals surface area contributed by atoms with Crippen LogP contribution < -0.4 is 4.90 Å². The molecule has 12 rings (SSSR count). The number of nitrogens with zero attached hydrogens (tertiary/aromatic N) is 1. The highest BCUT2D eigenvalue weighted by Crippen LogP contribution is 2.53. The number of hydrogen-bond acceptors (Lipinski definition) is 4. The molecule has 0 aliphatic rings. The summed E-state index contributed by atoms with van der Waals surface area (Å²) >= 11 is 3.74. The molecule has 0 aliphatic carbocycles. The van der Waals surface area contributed by atoms with Gasteiger partial charge in [0.2, 0.25) is 0 Å². The highest BCUT2D eigenvalue weighted by Gasteiger charge is 2.26. The van der Waals surface area contributed by atoms with E-state index in [4.69, 9.17) is 4.42 Å². The lowest BCUT2D eigenvalue weighted by molar-refractivity contribution is 0.670. The molecule has 0 saturated carbocycles. The first-order valence-electron chi connectivity index (χ1n) is 18.9. The van der Waals surface area contributed by atoms with Crippen LogP contribution in [0.5, 0.6) is 0 Å². The highest BCUT2D eigenvalue weighted by molar-refractivity contribution is 7.27. The Labute approximate surface area is 330 Å². The molecule has 0 saturated heterocycles. The molecule has 0 aliphatic heterocycles. The fourth-order valence-corrected chi connectivity index (χ4v) is 11.1. The van der Waals surface area contributed by atoms with Crippen molar-refractivity contribution in [3.05, 3.63) is 188 Å². The maximum atomic E-state index is 6.75. The second-order valence-corrected chi connectivity index (χ2v) is 16.5. The van der Waals surface area contributed by atoms with Gasteiger partial charge >= 0.3 is 0 Å². The van der Waals surface area contributed by atoms with E-state index in [1.54, 1.807) is 0 Å². The van der Waals surface area contributed by atoms with Crippen molar-refractivity contribution in [1.29, 1.82) is 0 Å². The van der Waals surface area contributed by atoms with Crippen LogP contribution in [0.3, 0.4) is 0 Å². The van der Waals surface area contributed by atoms with E-state index in [1.807, 2.05) is 28.7 Å². The molecule has 0 radical (unpaired) electrons. The molecule has 0 fully saturated rings. The van der Waals surface area contributed by atoms with Gasteiger partial charge in [-0.05, 0) is 64.4 Å². The average Bonchev–Trinajstić information content (AvgIpc) is 3.96. The van der Waals surface area contributed by atoms with Gasteiger partial charge in [0.1, 0.15) is 11.2 Å². The lowest BCUT2D eigenvalue weighted by Gasteiger charge is -2.29. The third kappa shape index (κ3) is 4.80. The number of fused-ring (bicyclic) bond motifs is 10. The van der Waals surface area contributed by atoms with E-state index in [1.165, 1.54) is 62.2 Å². The van der Waals surface area contributed by atoms with Crippen molar-refractivity contribution in [3.8, 4) is 22.3 Å². The number of furan rings is 1. The van der Waals surface area contributed by atoms with Gasteiger partial charge in [-0.15, -0.1) is 22.7 Å². The van der Waals surface area contributed by atoms with E-state index in [0.29, 0.717) is 0 Å². The average molecular weight is 750 g/mol. The number of hydrogen-bond donors (Lipinski definition) is 0. The van der Waals surface area contributed by atoms with Crippen LogP contribution in [0.15, 0.2) is 192 Å². The minimum atomic E-state index is 0.899. The van der Waals surface area contributed by atoms with Gasteiger partial charge in [0.25, 0.3) is 0 Å². The summed E-state index contributed by atoms with van der Waals surface area (Å²) in [6, 6.07) is 68.5. The van der Waals surface area contributed by atoms with Crippen LogP contribution in [-0.4, -0.2) is 0 Å². The molecule has 0 bridgehead atoms. The third-order valence-electron chi connectivity index (χ3n) is 11.3. The van der Waals surface area contributed by atoms with E-state index in [0.717, 1.165) is 50.1 Å². The minimum Gasteiger partial charge on any atom is -0.455 e. The van der Waals surface area contributed by atoms with Crippen molar-refractivity contribution in [2.45, 2.75) is 0 Å². The summed E-state index contributed by atoms with van der Waals surface area (Å²) in [5.74, 6) is 0. The molecule has 0 atom stereocenters. The molecule has 56 heavy (non-hydrogen) atoms. The van der Waals surface area contributed by atoms with Gasteiger partial charge in [0.15, 0.2) is 0 Å². The SMILES string of the molecule is c1ccc2cc(-c3ccc(N(c4cccc5c4sc4ccccc45)c4c(-c5cccc6c5oc5ccccc56)ccc5c4sc4ccccc45)cc3)ccc2c1. The van der Waals surface area contributed by atoms with E-state index >= 15 is 0 Å². The Kier molecular flexibility index (Phi) is 7.00. The van der Waals surface area contributed by atoms with Gasteiger partial charge in [-0.25, -0.2) is 0 Å². The fourth-order valence-electron chi connectivity index (χ4n) is 8.64. The third-order valence-corrected chi connectivity index (χ3v) is 13.7. The molecule has 12 aromatic rings. The topological polar surface area (TPSA) is 16.4 Å². The van der Waals surface area contributed by atoms with Crippen LogP contribution in [0.25, 0.3) is 95.3 Å². The Balaban J connectivity index is 1.17. The van der Waals surface area contributed by atoms with Crippen LogP contribution in [0.4, 0.5) is 17.1 Å². The zero-order valence-electron chi connectivity index (χ0n) is 30.1. The van der Waals surface area contributed by atoms with Crippen molar-refractivity contribution in [3.63, 3.8) is 0 Å². The maximum absolute atomic E-state index is 6.75. The van der Waals surface area contributed by atoms with Crippen LogP contribution in [-0.2, 0) is 0 Å². The Morgan fingerprint density at radius 1 is 0.393 bits per heavy atom. The van der Waals surface area contributed by atoms with Gasteiger partial charge in [-0.2, -0.15) is 0 Å². The normalized spacial score (nSPS) is 11.9. The molecule has 2 nitrogen and oxygen atoms in total. The Morgan fingerprint density at radius 2 is 1.02 bits per heavy atom. The van der Waals surface area contributed by atoms with Crippen molar-refractivity contribution >= 4 is 113 Å². The first-order chi connectivity index (χ1) is 27.8. The lowest BCUT2D eigenvalue weighted by atomic mass is 9.97. The summed E-state index contributed by atoms with van der Waals surface area (Å²) in [6.07, 6.45) is 0. The van der Waals surface area contributed by atoms with Gasteiger partial charge in [0.05, 0.1) is 20.8 Å². The predicted octanol–water partition coefficient (Wildman–Crippen LogP) is 16.3. The summed E-state index contributed by atoms with van der Waals surface area (Å²) < 4.78 is 11.8. The second-order valence-electron chi connectivity index (χ2n) is 14.4. The molecule has 4 heteroatoms. The maximum Gasteiger partial charge on any atom is 0.143 e. The molecular formula is C52H31NOS2. The van der Waals surface area contributed by atoms with E-state index in [9.17, 15) is 0 Å². The zero-order chi connectivity index (χ0) is 36.7. The lowest BCUT2D eigenvalue weighted by Crippen LogP contribution is -2.11. The molecule has 0 N–H and O–H groups in total. The predicted molar refractivity (Wildman–Crippen MR) is 243 cm³/mol. The van der Waals surface area contributed by atoms with Crippen LogP contribution >= 0.6 is 22.7 Å². The standard InChI is InChI=1S/C52H31NOS2/c1-2-12-34-31-35(24-23-32(34)11-1)33-25-27-36(28-26-33)53(45-19-10-18-43-38-14-4-7-21-47(38)55-51(43)45)49-40(29-30-44-39-15-5-8-22-48(39)56-52(44)49)42-17-9-16-41-37-13-3-6-20-46(37)54-50(41)42/h1-31H. The second kappa shape index (κ2) is 12.4. The number of anilines is 3. The molecule has 0 amide bonds. The minimum absolute atomic E-state index is 0.899. The summed E-state index contributed by atoms with van der Waals surface area (Å²) in [5.41, 5.74) is 9.81. The monoisotopic (exact) mass is 749 g/mol. The Hall–Kier alpha value is -6.72. The first-order valence-corrected chi connectivity index (χ1v) is 20.5. The van der Waals surface area contributed by atoms with Gasteiger partial charge in [-0.1, -0.05) is 146 Å². The van der Waals surface area contributed by atoms with E-state index < -0.39 is 0 Å². The Bertz CT molecular complexity index is 3500. The van der Waals surface area contributed by atoms with Crippen molar-refractivity contribution < 1.29 is 4.42 Å². The van der Waals surface area contributed by atoms with Crippen LogP contribution in [0.2, 0.25) is 0 Å². The summed E-state index contributed by atoms with van der Waals surface area (Å²) in [4.78, 5) is 2.52. The molecule has 3 aromatic heterocycles. The quantitative estimate of drug-likeness (QED) is 0.174. The number of thiophene rings is 2. The van der Waals surface area contributed by atoms with E-state index in [2.05, 4.69) is 187 Å². The van der Waals surface area contributed by atoms with Crippen molar-refractivity contribution in [1.82, 2.24) is 0 Å². The molecule has 3 heterocycles. The summed E-state index contributed by atoms with van der Waals surface area (Å²) in [5, 5.41) is 9.82. The highest BCUT2D eigenvalue weighted by atomic mass is 32.1. The largest absolute Gasteiger partial charge is 0.455 e. The number of para-hydroxylation sites is 2. The molecule has 0 unspecified atom stereocenters. The number of benzene rings is 9. The fraction of sp³-hybridized carbons (Fsp3) is 0. The zero-order valence-corrected chi connectivity index (χ0v) is 31.7. The van der Waals surface area contributed by atoms with E-state index in [-0.39, 0.29) is 0 Å². The molecule has 9 aromatic carbocycles. The van der Waals surface area contributed by atoms with Gasteiger partial charge in [0, 0.05) is 58.5 Å². The molecule has 262 valence electrons. The smallest absolute Gasteiger partial charge is 0.143 e. The van der Waals surface area contributed by atoms with Crippen LogP contribution in [0.1, 0.15) is 0 Å².